The molecule has 2 heterocycles. The van der Waals surface area contributed by atoms with Crippen molar-refractivity contribution in [1.29, 1.82) is 0 Å². The van der Waals surface area contributed by atoms with E-state index in [9.17, 15) is 18.0 Å². The van der Waals surface area contributed by atoms with Crippen molar-refractivity contribution in [2.24, 2.45) is 0 Å². The van der Waals surface area contributed by atoms with Crippen molar-refractivity contribution in [3.05, 3.63) is 57.0 Å². The van der Waals surface area contributed by atoms with E-state index in [2.05, 4.69) is 25.9 Å². The molecule has 132 valence electrons. The lowest BCUT2D eigenvalue weighted by atomic mass is 9.93. The number of hydrogen-bond donors (Lipinski definition) is 0. The number of aromatic nitrogens is 2. The molecule has 0 atom stereocenters. The number of halogens is 5. The Balaban J connectivity index is 1.77. The molecule has 0 saturated heterocycles. The molecule has 1 aliphatic carbocycles. The quantitative estimate of drug-likeness (QED) is 0.576. The molecule has 0 aliphatic heterocycles. The van der Waals surface area contributed by atoms with Crippen LogP contribution in [0.15, 0.2) is 35.1 Å². The van der Waals surface area contributed by atoms with Gasteiger partial charge in [-0.1, -0.05) is 11.6 Å². The van der Waals surface area contributed by atoms with Crippen LogP contribution in [-0.2, 0) is 11.6 Å². The summed E-state index contributed by atoms with van der Waals surface area (Å²) >= 11 is 9.52. The fourth-order valence-corrected chi connectivity index (χ4v) is 3.72. The molecule has 8 heteroatoms. The lowest BCUT2D eigenvalue weighted by Crippen LogP contribution is -2.17. The van der Waals surface area contributed by atoms with Gasteiger partial charge < -0.3 is 0 Å². The average molecular weight is 434 g/mol. The molecule has 3 rings (SSSR count). The SMILES string of the molecule is O=C(CCC1(c2ncc(Br)cc2Cl)CC1)c1ncccc1C(F)(F)F. The van der Waals surface area contributed by atoms with Gasteiger partial charge in [0.1, 0.15) is 5.69 Å². The molecule has 0 radical (unpaired) electrons. The Hall–Kier alpha value is -1.47. The molecule has 25 heavy (non-hydrogen) atoms. The zero-order chi connectivity index (χ0) is 18.2. The summed E-state index contributed by atoms with van der Waals surface area (Å²) in [6, 6.07) is 3.78. The largest absolute Gasteiger partial charge is 0.418 e. The molecule has 1 fully saturated rings. The predicted molar refractivity (Wildman–Crippen MR) is 90.7 cm³/mol. The van der Waals surface area contributed by atoms with Crippen LogP contribution < -0.4 is 0 Å². The normalized spacial score (nSPS) is 15.9. The third-order valence-electron chi connectivity index (χ3n) is 4.37. The number of carbonyl (C=O) groups is 1. The van der Waals surface area contributed by atoms with Crippen molar-refractivity contribution in [3.8, 4) is 0 Å². The standard InChI is InChI=1S/C17H13BrClF3N2O/c18-10-8-12(19)15(24-9-10)16(5-6-16)4-3-13(25)14-11(17(20,21)22)2-1-7-23-14/h1-2,7-9H,3-6H2. The molecule has 3 nitrogen and oxygen atoms in total. The van der Waals surface area contributed by atoms with Crippen molar-refractivity contribution in [3.63, 3.8) is 0 Å². The van der Waals surface area contributed by atoms with Crippen LogP contribution in [0.25, 0.3) is 0 Å². The highest BCUT2D eigenvalue weighted by molar-refractivity contribution is 9.10. The molecule has 0 amide bonds. The average Bonchev–Trinajstić information content (AvgIpc) is 3.32. The summed E-state index contributed by atoms with van der Waals surface area (Å²) in [5, 5.41) is 0.494. The van der Waals surface area contributed by atoms with Crippen LogP contribution in [0.4, 0.5) is 13.2 Å². The van der Waals surface area contributed by atoms with Gasteiger partial charge in [0.25, 0.3) is 0 Å². The van der Waals surface area contributed by atoms with Crippen molar-refractivity contribution in [2.75, 3.05) is 0 Å². The molecule has 2 aromatic heterocycles. The van der Waals surface area contributed by atoms with E-state index in [4.69, 9.17) is 11.6 Å². The predicted octanol–water partition coefficient (Wildman–Crippen LogP) is 5.61. The number of pyridine rings is 2. The van der Waals surface area contributed by atoms with Crippen LogP contribution in [0.1, 0.15) is 47.4 Å². The molecule has 2 aromatic rings. The summed E-state index contributed by atoms with van der Waals surface area (Å²) in [5.41, 5.74) is -1.16. The van der Waals surface area contributed by atoms with Gasteiger partial charge in [-0.15, -0.1) is 0 Å². The Morgan fingerprint density at radius 1 is 1.32 bits per heavy atom. The Morgan fingerprint density at radius 3 is 2.64 bits per heavy atom. The van der Waals surface area contributed by atoms with E-state index in [1.54, 1.807) is 12.3 Å². The molecule has 0 bridgehead atoms. The number of carbonyl (C=O) groups excluding carboxylic acids is 1. The minimum absolute atomic E-state index is 0.0336. The first-order valence-corrected chi connectivity index (χ1v) is 8.77. The highest BCUT2D eigenvalue weighted by Gasteiger charge is 2.47. The zero-order valence-electron chi connectivity index (χ0n) is 12.9. The molecule has 1 saturated carbocycles. The third kappa shape index (κ3) is 3.87. The highest BCUT2D eigenvalue weighted by Crippen LogP contribution is 2.53. The van der Waals surface area contributed by atoms with Crippen molar-refractivity contribution in [2.45, 2.75) is 37.3 Å². The lowest BCUT2D eigenvalue weighted by molar-refractivity contribution is -0.138. The molecule has 0 aromatic carbocycles. The second-order valence-electron chi connectivity index (χ2n) is 6.08. The minimum atomic E-state index is -4.60. The van der Waals surface area contributed by atoms with E-state index in [1.165, 1.54) is 12.3 Å². The van der Waals surface area contributed by atoms with Gasteiger partial charge in [-0.25, -0.2) is 0 Å². The fraction of sp³-hybridized carbons (Fsp3) is 0.353. The van der Waals surface area contributed by atoms with E-state index >= 15 is 0 Å². The van der Waals surface area contributed by atoms with Crippen LogP contribution in [0.2, 0.25) is 5.02 Å². The Bertz CT molecular complexity index is 822. The second-order valence-corrected chi connectivity index (χ2v) is 7.41. The number of alkyl halides is 3. The molecule has 1 aliphatic rings. The van der Waals surface area contributed by atoms with E-state index in [1.807, 2.05) is 0 Å². The molecular formula is C17H13BrClF3N2O. The first-order chi connectivity index (χ1) is 11.7. The smallest absolute Gasteiger partial charge is 0.292 e. The van der Waals surface area contributed by atoms with E-state index in [0.29, 0.717) is 17.1 Å². The Labute approximate surface area is 155 Å². The Kier molecular flexibility index (Phi) is 4.90. The lowest BCUT2D eigenvalue weighted by Gasteiger charge is -2.16. The number of nitrogens with zero attached hydrogens (tertiary/aromatic N) is 2. The monoisotopic (exact) mass is 432 g/mol. The molecule has 0 unspecified atom stereocenters. The van der Waals surface area contributed by atoms with Crippen LogP contribution >= 0.6 is 27.5 Å². The highest BCUT2D eigenvalue weighted by atomic mass is 79.9. The number of hydrogen-bond acceptors (Lipinski definition) is 3. The van der Waals surface area contributed by atoms with Crippen LogP contribution in [0.3, 0.4) is 0 Å². The summed E-state index contributed by atoms with van der Waals surface area (Å²) < 4.78 is 39.8. The van der Waals surface area contributed by atoms with E-state index in [-0.39, 0.29) is 11.8 Å². The first kappa shape index (κ1) is 18.3. The van der Waals surface area contributed by atoms with Gasteiger partial charge >= 0.3 is 6.18 Å². The van der Waals surface area contributed by atoms with Gasteiger partial charge in [0, 0.05) is 28.7 Å². The fourth-order valence-electron chi connectivity index (χ4n) is 2.89. The number of ketones is 1. The van der Waals surface area contributed by atoms with Gasteiger partial charge in [0.2, 0.25) is 0 Å². The van der Waals surface area contributed by atoms with E-state index < -0.39 is 23.2 Å². The third-order valence-corrected chi connectivity index (χ3v) is 5.09. The summed E-state index contributed by atoms with van der Waals surface area (Å²) in [4.78, 5) is 20.3. The topological polar surface area (TPSA) is 42.9 Å². The second kappa shape index (κ2) is 6.68. The van der Waals surface area contributed by atoms with Gasteiger partial charge in [0.15, 0.2) is 5.78 Å². The minimum Gasteiger partial charge on any atom is -0.292 e. The zero-order valence-corrected chi connectivity index (χ0v) is 15.2. The van der Waals surface area contributed by atoms with Crippen LogP contribution in [0.5, 0.6) is 0 Å². The van der Waals surface area contributed by atoms with Gasteiger partial charge in [0.05, 0.1) is 16.3 Å². The summed E-state index contributed by atoms with van der Waals surface area (Å²) in [7, 11) is 0. The van der Waals surface area contributed by atoms with Crippen LogP contribution in [-0.4, -0.2) is 15.8 Å². The van der Waals surface area contributed by atoms with Crippen molar-refractivity contribution < 1.29 is 18.0 Å². The van der Waals surface area contributed by atoms with E-state index in [0.717, 1.165) is 23.4 Å². The van der Waals surface area contributed by atoms with Gasteiger partial charge in [-0.2, -0.15) is 13.2 Å². The molecular weight excluding hydrogens is 421 g/mol. The van der Waals surface area contributed by atoms with Crippen LogP contribution in [0, 0.1) is 0 Å². The van der Waals surface area contributed by atoms with Gasteiger partial charge in [-0.3, -0.25) is 14.8 Å². The summed E-state index contributed by atoms with van der Waals surface area (Å²) in [6.07, 6.45) is 0.202. The van der Waals surface area contributed by atoms with Gasteiger partial charge in [-0.05, 0) is 53.4 Å². The van der Waals surface area contributed by atoms with Crippen molar-refractivity contribution >= 4 is 33.3 Å². The summed E-state index contributed by atoms with van der Waals surface area (Å²) in [6.45, 7) is 0. The molecule has 0 N–H and O–H groups in total. The number of Topliss-reactive ketones (excluding diaryl/α,β-unsaturated/α-hetero) is 1. The first-order valence-electron chi connectivity index (χ1n) is 7.60. The maximum Gasteiger partial charge on any atom is 0.418 e. The summed E-state index contributed by atoms with van der Waals surface area (Å²) in [5.74, 6) is -0.618. The molecule has 0 spiro atoms. The number of rotatable bonds is 5. The Morgan fingerprint density at radius 2 is 2.04 bits per heavy atom. The maximum atomic E-state index is 13.0. The van der Waals surface area contributed by atoms with Crippen molar-refractivity contribution in [1.82, 2.24) is 9.97 Å². The maximum absolute atomic E-state index is 13.0.